The molecule has 2 aliphatic heterocycles. The van der Waals surface area contributed by atoms with Crippen LogP contribution in [-0.4, -0.2) is 36.1 Å². The van der Waals surface area contributed by atoms with Crippen LogP contribution in [0.15, 0.2) is 0 Å². The number of nitrogens with zero attached hydrogens (tertiary/aromatic N) is 1. The van der Waals surface area contributed by atoms with E-state index in [2.05, 4.69) is 38.0 Å². The number of hydrogen-bond acceptors (Lipinski definition) is 2. The van der Waals surface area contributed by atoms with Crippen molar-refractivity contribution in [2.24, 2.45) is 16.7 Å². The minimum atomic E-state index is 0.542. The van der Waals surface area contributed by atoms with Gasteiger partial charge in [0, 0.05) is 24.2 Å². The second-order valence-corrected chi connectivity index (χ2v) is 9.11. The molecule has 4 aliphatic rings. The van der Waals surface area contributed by atoms with Gasteiger partial charge in [0.25, 0.3) is 0 Å². The average Bonchev–Trinajstić information content (AvgIpc) is 2.95. The zero-order valence-corrected chi connectivity index (χ0v) is 13.8. The molecule has 2 nitrogen and oxygen atoms in total. The smallest absolute Gasteiger partial charge is 0.0209 e. The van der Waals surface area contributed by atoms with E-state index in [0.717, 1.165) is 30.1 Å². The van der Waals surface area contributed by atoms with E-state index < -0.39 is 0 Å². The summed E-state index contributed by atoms with van der Waals surface area (Å²) in [5, 5.41) is 3.55. The van der Waals surface area contributed by atoms with Crippen molar-refractivity contribution >= 4 is 0 Å². The first kappa shape index (κ1) is 13.6. The third-order valence-electron chi connectivity index (χ3n) is 7.69. The van der Waals surface area contributed by atoms with Crippen LogP contribution in [0, 0.1) is 16.7 Å². The van der Waals surface area contributed by atoms with Crippen LogP contribution < -0.4 is 5.32 Å². The van der Waals surface area contributed by atoms with Gasteiger partial charge < -0.3 is 5.32 Å². The van der Waals surface area contributed by atoms with Gasteiger partial charge in [-0.25, -0.2) is 0 Å². The maximum Gasteiger partial charge on any atom is 0.0209 e. The molecule has 5 unspecified atom stereocenters. The lowest BCUT2D eigenvalue weighted by Gasteiger charge is -2.54. The van der Waals surface area contributed by atoms with Crippen LogP contribution in [0.5, 0.6) is 0 Å². The Morgan fingerprint density at radius 2 is 1.65 bits per heavy atom. The largest absolute Gasteiger partial charge is 0.317 e. The van der Waals surface area contributed by atoms with E-state index in [9.17, 15) is 0 Å². The summed E-state index contributed by atoms with van der Waals surface area (Å²) in [5.41, 5.74) is 1.15. The van der Waals surface area contributed by atoms with Crippen LogP contribution >= 0.6 is 0 Å². The molecule has 2 saturated heterocycles. The van der Waals surface area contributed by atoms with Gasteiger partial charge in [-0.3, -0.25) is 4.90 Å². The van der Waals surface area contributed by atoms with E-state index in [1.807, 2.05) is 0 Å². The lowest BCUT2D eigenvalue weighted by molar-refractivity contribution is -0.0463. The Kier molecular flexibility index (Phi) is 2.87. The molecule has 4 bridgehead atoms. The highest BCUT2D eigenvalue weighted by Gasteiger charge is 2.63. The monoisotopic (exact) mass is 276 g/mol. The quantitative estimate of drug-likeness (QED) is 0.831. The molecule has 0 aromatic heterocycles. The van der Waals surface area contributed by atoms with Gasteiger partial charge in [-0.2, -0.15) is 0 Å². The van der Waals surface area contributed by atoms with Crippen molar-refractivity contribution in [2.75, 3.05) is 7.05 Å². The third-order valence-corrected chi connectivity index (χ3v) is 7.69. The molecule has 20 heavy (non-hydrogen) atoms. The molecular formula is C18H32N2. The Hall–Kier alpha value is -0.0800. The number of rotatable bonds is 2. The molecule has 2 saturated carbocycles. The van der Waals surface area contributed by atoms with Gasteiger partial charge in [-0.1, -0.05) is 20.8 Å². The Morgan fingerprint density at radius 1 is 1.00 bits per heavy atom. The molecule has 0 aromatic rings. The lowest BCUT2D eigenvalue weighted by Crippen LogP contribution is -2.60. The molecule has 2 aliphatic carbocycles. The van der Waals surface area contributed by atoms with Crippen molar-refractivity contribution in [1.82, 2.24) is 10.2 Å². The molecule has 0 spiro atoms. The van der Waals surface area contributed by atoms with Crippen molar-refractivity contribution in [2.45, 2.75) is 89.9 Å². The first-order chi connectivity index (χ1) is 9.45. The number of fused-ring (bicyclic) bond motifs is 4. The summed E-state index contributed by atoms with van der Waals surface area (Å²) in [6, 6.07) is 3.36. The van der Waals surface area contributed by atoms with E-state index >= 15 is 0 Å². The summed E-state index contributed by atoms with van der Waals surface area (Å²) >= 11 is 0. The summed E-state index contributed by atoms with van der Waals surface area (Å²) in [7, 11) is 2.16. The Labute approximate surface area is 124 Å². The van der Waals surface area contributed by atoms with Gasteiger partial charge in [0.2, 0.25) is 0 Å². The molecule has 1 N–H and O–H groups in total. The summed E-state index contributed by atoms with van der Waals surface area (Å²) in [6.45, 7) is 7.77. The van der Waals surface area contributed by atoms with Gasteiger partial charge in [0.05, 0.1) is 0 Å². The predicted molar refractivity (Wildman–Crippen MR) is 83.7 cm³/mol. The van der Waals surface area contributed by atoms with Gasteiger partial charge in [-0.15, -0.1) is 0 Å². The molecule has 2 heteroatoms. The normalized spacial score (nSPS) is 53.7. The summed E-state index contributed by atoms with van der Waals surface area (Å²) in [6.07, 6.45) is 10.2. The third kappa shape index (κ3) is 1.64. The first-order valence-electron chi connectivity index (χ1n) is 8.90. The lowest BCUT2D eigenvalue weighted by atomic mass is 9.66. The fourth-order valence-corrected chi connectivity index (χ4v) is 6.89. The van der Waals surface area contributed by atoms with Crippen molar-refractivity contribution in [1.29, 1.82) is 0 Å². The van der Waals surface area contributed by atoms with E-state index in [0.29, 0.717) is 10.8 Å². The SMILES string of the molecule is CNC1CC2CCC(C1)N2C1C2(C)CCC(C2)C1(C)C. The van der Waals surface area contributed by atoms with Crippen LogP contribution in [0.1, 0.15) is 65.7 Å². The summed E-state index contributed by atoms with van der Waals surface area (Å²) < 4.78 is 0. The molecule has 5 atom stereocenters. The number of piperidine rings is 1. The predicted octanol–water partition coefficient (Wildman–Crippen LogP) is 3.42. The Morgan fingerprint density at radius 3 is 2.15 bits per heavy atom. The second-order valence-electron chi connectivity index (χ2n) is 9.11. The molecule has 0 radical (unpaired) electrons. The van der Waals surface area contributed by atoms with E-state index in [1.54, 1.807) is 0 Å². The van der Waals surface area contributed by atoms with E-state index in [4.69, 9.17) is 0 Å². The van der Waals surface area contributed by atoms with Crippen molar-refractivity contribution in [3.05, 3.63) is 0 Å². The van der Waals surface area contributed by atoms with Crippen LogP contribution in [0.2, 0.25) is 0 Å². The molecule has 0 aromatic carbocycles. The highest BCUT2D eigenvalue weighted by molar-refractivity contribution is 5.16. The van der Waals surface area contributed by atoms with E-state index in [1.165, 1.54) is 44.9 Å². The summed E-state index contributed by atoms with van der Waals surface area (Å²) in [5.74, 6) is 0.985. The molecule has 114 valence electrons. The maximum atomic E-state index is 3.55. The number of hydrogen-bond donors (Lipinski definition) is 1. The maximum absolute atomic E-state index is 3.55. The molecule has 4 rings (SSSR count). The fraction of sp³-hybridized carbons (Fsp3) is 1.00. The molecule has 2 heterocycles. The fourth-order valence-electron chi connectivity index (χ4n) is 6.89. The van der Waals surface area contributed by atoms with Crippen LogP contribution in [0.3, 0.4) is 0 Å². The molecule has 4 fully saturated rings. The Balaban J connectivity index is 1.65. The molecule has 0 amide bonds. The zero-order valence-electron chi connectivity index (χ0n) is 13.8. The van der Waals surface area contributed by atoms with Gasteiger partial charge in [0.15, 0.2) is 0 Å². The van der Waals surface area contributed by atoms with Crippen molar-refractivity contribution < 1.29 is 0 Å². The number of nitrogens with one attached hydrogen (secondary N) is 1. The highest BCUT2D eigenvalue weighted by Crippen LogP contribution is 2.65. The van der Waals surface area contributed by atoms with Gasteiger partial charge >= 0.3 is 0 Å². The minimum Gasteiger partial charge on any atom is -0.317 e. The van der Waals surface area contributed by atoms with E-state index in [-0.39, 0.29) is 0 Å². The van der Waals surface area contributed by atoms with Crippen LogP contribution in [0.4, 0.5) is 0 Å². The van der Waals surface area contributed by atoms with Gasteiger partial charge in [0.1, 0.15) is 0 Å². The standard InChI is InChI=1S/C18H32N2/c1-17(2)12-7-8-18(3,11-12)16(17)20-14-5-6-15(20)10-13(9-14)19-4/h12-16,19H,5-11H2,1-4H3. The topological polar surface area (TPSA) is 15.3 Å². The Bertz CT molecular complexity index is 385. The van der Waals surface area contributed by atoms with Crippen molar-refractivity contribution in [3.8, 4) is 0 Å². The van der Waals surface area contributed by atoms with Crippen molar-refractivity contribution in [3.63, 3.8) is 0 Å². The highest BCUT2D eigenvalue weighted by atomic mass is 15.3. The first-order valence-corrected chi connectivity index (χ1v) is 8.90. The molecular weight excluding hydrogens is 244 g/mol. The van der Waals surface area contributed by atoms with Crippen LogP contribution in [0.25, 0.3) is 0 Å². The summed E-state index contributed by atoms with van der Waals surface area (Å²) in [4.78, 5) is 3.03. The zero-order chi connectivity index (χ0) is 14.1. The minimum absolute atomic E-state index is 0.542. The average molecular weight is 276 g/mol. The second kappa shape index (κ2) is 4.23. The van der Waals surface area contributed by atoms with Gasteiger partial charge in [-0.05, 0) is 68.7 Å². The van der Waals surface area contributed by atoms with Crippen LogP contribution in [-0.2, 0) is 0 Å².